The zero-order valence-corrected chi connectivity index (χ0v) is 10.5. The van der Waals surface area contributed by atoms with Gasteiger partial charge in [0.05, 0.1) is 5.69 Å². The summed E-state index contributed by atoms with van der Waals surface area (Å²) in [7, 11) is 0. The molecule has 0 unspecified atom stereocenters. The second kappa shape index (κ2) is 5.75. The molecule has 0 aliphatic heterocycles. The molecule has 2 amide bonds. The lowest BCUT2D eigenvalue weighted by molar-refractivity contribution is 0.252. The van der Waals surface area contributed by atoms with E-state index in [1.165, 1.54) is 0 Å². The van der Waals surface area contributed by atoms with Crippen molar-refractivity contribution in [2.75, 3.05) is 11.9 Å². The van der Waals surface area contributed by atoms with Gasteiger partial charge in [-0.25, -0.2) is 4.79 Å². The van der Waals surface area contributed by atoms with Crippen LogP contribution in [0.4, 0.5) is 10.5 Å². The Kier molecular flexibility index (Phi) is 4.62. The third kappa shape index (κ3) is 3.91. The van der Waals surface area contributed by atoms with Gasteiger partial charge in [0.15, 0.2) is 0 Å². The number of halogens is 1. The van der Waals surface area contributed by atoms with Crippen LogP contribution < -0.4 is 10.6 Å². The van der Waals surface area contributed by atoms with E-state index in [-0.39, 0.29) is 6.03 Å². The van der Waals surface area contributed by atoms with Crippen molar-refractivity contribution in [3.8, 4) is 0 Å². The van der Waals surface area contributed by atoms with Crippen molar-refractivity contribution >= 4 is 27.6 Å². The maximum atomic E-state index is 11.4. The summed E-state index contributed by atoms with van der Waals surface area (Å²) in [6.45, 7) is 4.69. The average Bonchev–Trinajstić information content (AvgIpc) is 2.20. The summed E-state index contributed by atoms with van der Waals surface area (Å²) in [6, 6.07) is 5.67. The Bertz CT molecular complexity index is 352. The Labute approximate surface area is 98.4 Å². The van der Waals surface area contributed by atoms with E-state index >= 15 is 0 Å². The zero-order valence-electron chi connectivity index (χ0n) is 8.93. The van der Waals surface area contributed by atoms with Crippen LogP contribution in [0.3, 0.4) is 0 Å². The van der Waals surface area contributed by atoms with Gasteiger partial charge in [-0.2, -0.15) is 0 Å². The van der Waals surface area contributed by atoms with Crippen LogP contribution in [0.25, 0.3) is 0 Å². The lowest BCUT2D eigenvalue weighted by Gasteiger charge is -2.09. The first-order valence-corrected chi connectivity index (χ1v) is 5.73. The molecule has 0 atom stereocenters. The van der Waals surface area contributed by atoms with Gasteiger partial charge in [-0.05, 0) is 47.0 Å². The van der Waals surface area contributed by atoms with Crippen LogP contribution in [0.1, 0.15) is 18.9 Å². The molecule has 0 saturated carbocycles. The molecule has 2 N–H and O–H groups in total. The van der Waals surface area contributed by atoms with Gasteiger partial charge in [0, 0.05) is 11.0 Å². The van der Waals surface area contributed by atoms with E-state index in [0.29, 0.717) is 6.54 Å². The molecule has 0 spiro atoms. The lowest BCUT2D eigenvalue weighted by Crippen LogP contribution is -2.29. The van der Waals surface area contributed by atoms with Gasteiger partial charge < -0.3 is 10.6 Å². The highest BCUT2D eigenvalue weighted by Gasteiger charge is 2.04. The molecule has 0 fully saturated rings. The van der Waals surface area contributed by atoms with E-state index in [1.54, 1.807) is 0 Å². The number of carbonyl (C=O) groups excluding carboxylic acids is 1. The second-order valence-electron chi connectivity index (χ2n) is 3.36. The molecule has 82 valence electrons. The smallest absolute Gasteiger partial charge is 0.319 e. The minimum atomic E-state index is -0.164. The minimum absolute atomic E-state index is 0.164. The number of rotatable bonds is 3. The second-order valence-corrected chi connectivity index (χ2v) is 4.22. The number of hydrogen-bond donors (Lipinski definition) is 2. The van der Waals surface area contributed by atoms with Gasteiger partial charge in [-0.15, -0.1) is 0 Å². The maximum Gasteiger partial charge on any atom is 0.319 e. The monoisotopic (exact) mass is 270 g/mol. The molecule has 3 nitrogen and oxygen atoms in total. The Morgan fingerprint density at radius 3 is 2.87 bits per heavy atom. The third-order valence-electron chi connectivity index (χ3n) is 1.91. The summed E-state index contributed by atoms with van der Waals surface area (Å²) in [5.74, 6) is 0. The highest BCUT2D eigenvalue weighted by molar-refractivity contribution is 9.10. The summed E-state index contributed by atoms with van der Waals surface area (Å²) in [6.07, 6.45) is 0.933. The average molecular weight is 271 g/mol. The van der Waals surface area contributed by atoms with Crippen LogP contribution in [0.15, 0.2) is 22.7 Å². The first-order valence-electron chi connectivity index (χ1n) is 4.94. The molecule has 1 aromatic carbocycles. The largest absolute Gasteiger partial charge is 0.338 e. The number of anilines is 1. The molecule has 0 aliphatic rings. The van der Waals surface area contributed by atoms with Crippen LogP contribution in [0.5, 0.6) is 0 Å². The molecule has 1 rings (SSSR count). The summed E-state index contributed by atoms with van der Waals surface area (Å²) in [5.41, 5.74) is 1.91. The molecule has 1 aromatic rings. The predicted molar refractivity (Wildman–Crippen MR) is 66.2 cm³/mol. The van der Waals surface area contributed by atoms with Crippen molar-refractivity contribution in [3.05, 3.63) is 28.2 Å². The van der Waals surface area contributed by atoms with Crippen molar-refractivity contribution < 1.29 is 4.79 Å². The summed E-state index contributed by atoms with van der Waals surface area (Å²) >= 11 is 3.38. The van der Waals surface area contributed by atoms with Gasteiger partial charge in [-0.1, -0.05) is 13.0 Å². The SMILES string of the molecule is CCCNC(=O)Nc1cc(C)ccc1Br. The molecule has 0 aliphatic carbocycles. The Morgan fingerprint density at radius 2 is 2.20 bits per heavy atom. The van der Waals surface area contributed by atoms with Gasteiger partial charge in [0.1, 0.15) is 0 Å². The summed E-state index contributed by atoms with van der Waals surface area (Å²) in [5, 5.41) is 5.55. The normalized spacial score (nSPS) is 9.80. The van der Waals surface area contributed by atoms with Crippen LogP contribution in [0.2, 0.25) is 0 Å². The number of aryl methyl sites for hydroxylation is 1. The maximum absolute atomic E-state index is 11.4. The van der Waals surface area contributed by atoms with E-state index in [4.69, 9.17) is 0 Å². The molecule has 0 aromatic heterocycles. The summed E-state index contributed by atoms with van der Waals surface area (Å²) in [4.78, 5) is 11.4. The first-order chi connectivity index (χ1) is 7.13. The molecule has 0 bridgehead atoms. The number of nitrogens with one attached hydrogen (secondary N) is 2. The number of urea groups is 1. The number of benzene rings is 1. The fourth-order valence-electron chi connectivity index (χ4n) is 1.14. The lowest BCUT2D eigenvalue weighted by atomic mass is 10.2. The van der Waals surface area contributed by atoms with E-state index in [2.05, 4.69) is 26.6 Å². The number of carbonyl (C=O) groups is 1. The van der Waals surface area contributed by atoms with Crippen LogP contribution >= 0.6 is 15.9 Å². The number of hydrogen-bond acceptors (Lipinski definition) is 1. The Hall–Kier alpha value is -1.03. The third-order valence-corrected chi connectivity index (χ3v) is 2.60. The van der Waals surface area contributed by atoms with E-state index in [9.17, 15) is 4.79 Å². The zero-order chi connectivity index (χ0) is 11.3. The van der Waals surface area contributed by atoms with Crippen molar-refractivity contribution in [3.63, 3.8) is 0 Å². The molecule has 0 heterocycles. The Balaban J connectivity index is 2.63. The van der Waals surface area contributed by atoms with Crippen molar-refractivity contribution in [2.24, 2.45) is 0 Å². The van der Waals surface area contributed by atoms with Gasteiger partial charge in [0.2, 0.25) is 0 Å². The van der Waals surface area contributed by atoms with Crippen LogP contribution in [-0.2, 0) is 0 Å². The van der Waals surface area contributed by atoms with Crippen molar-refractivity contribution in [1.82, 2.24) is 5.32 Å². The first kappa shape index (κ1) is 12.0. The quantitative estimate of drug-likeness (QED) is 0.870. The van der Waals surface area contributed by atoms with E-state index < -0.39 is 0 Å². The molecule has 15 heavy (non-hydrogen) atoms. The van der Waals surface area contributed by atoms with Gasteiger partial charge in [0.25, 0.3) is 0 Å². The van der Waals surface area contributed by atoms with E-state index in [1.807, 2.05) is 32.0 Å². The topological polar surface area (TPSA) is 41.1 Å². The van der Waals surface area contributed by atoms with Crippen molar-refractivity contribution in [2.45, 2.75) is 20.3 Å². The molecular formula is C11H15BrN2O. The van der Waals surface area contributed by atoms with Gasteiger partial charge in [-0.3, -0.25) is 0 Å². The Morgan fingerprint density at radius 1 is 1.47 bits per heavy atom. The predicted octanol–water partition coefficient (Wildman–Crippen LogP) is 3.29. The highest BCUT2D eigenvalue weighted by atomic mass is 79.9. The fourth-order valence-corrected chi connectivity index (χ4v) is 1.49. The summed E-state index contributed by atoms with van der Waals surface area (Å²) < 4.78 is 0.889. The standard InChI is InChI=1S/C11H15BrN2O/c1-3-6-13-11(15)14-10-7-8(2)4-5-9(10)12/h4-5,7H,3,6H2,1-2H3,(H2,13,14,15). The fraction of sp³-hybridized carbons (Fsp3) is 0.364. The highest BCUT2D eigenvalue weighted by Crippen LogP contribution is 2.22. The number of amides is 2. The molecule has 4 heteroatoms. The molecule has 0 radical (unpaired) electrons. The van der Waals surface area contributed by atoms with Crippen LogP contribution in [0, 0.1) is 6.92 Å². The van der Waals surface area contributed by atoms with E-state index in [0.717, 1.165) is 22.1 Å². The molecule has 0 saturated heterocycles. The minimum Gasteiger partial charge on any atom is -0.338 e. The van der Waals surface area contributed by atoms with Gasteiger partial charge >= 0.3 is 6.03 Å². The van der Waals surface area contributed by atoms with Crippen LogP contribution in [-0.4, -0.2) is 12.6 Å². The molecular weight excluding hydrogens is 256 g/mol. The van der Waals surface area contributed by atoms with Crippen molar-refractivity contribution in [1.29, 1.82) is 0 Å².